The number of hydrogen-bond acceptors (Lipinski definition) is 8. The van der Waals surface area contributed by atoms with E-state index >= 15 is 0 Å². The van der Waals surface area contributed by atoms with Crippen LogP contribution in [0.2, 0.25) is 0 Å². The van der Waals surface area contributed by atoms with Crippen molar-refractivity contribution < 1.29 is 41.5 Å². The van der Waals surface area contributed by atoms with Crippen LogP contribution in [0, 0.1) is 0 Å². The molecular formula is C36H32O9S. The highest BCUT2D eigenvalue weighted by atomic mass is 32.2. The quantitative estimate of drug-likeness (QED) is 0.100. The minimum Gasteiger partial charge on any atom is -0.488 e. The molecule has 4 aromatic carbocycles. The van der Waals surface area contributed by atoms with Gasteiger partial charge in [0, 0.05) is 40.5 Å². The van der Waals surface area contributed by atoms with Crippen molar-refractivity contribution in [3.05, 3.63) is 143 Å². The van der Waals surface area contributed by atoms with Gasteiger partial charge in [-0.25, -0.2) is 9.59 Å². The van der Waals surface area contributed by atoms with Crippen LogP contribution in [0.4, 0.5) is 0 Å². The van der Waals surface area contributed by atoms with Crippen molar-refractivity contribution in [3.63, 3.8) is 0 Å². The zero-order valence-electron chi connectivity index (χ0n) is 24.8. The van der Waals surface area contributed by atoms with E-state index in [1.165, 1.54) is 6.08 Å². The maximum absolute atomic E-state index is 12.3. The second-order valence-electron chi connectivity index (χ2n) is 10.4. The number of benzene rings is 4. The molecule has 0 fully saturated rings. The summed E-state index contributed by atoms with van der Waals surface area (Å²) in [5.74, 6) is -0.425. The van der Waals surface area contributed by atoms with Gasteiger partial charge in [0.1, 0.15) is 24.7 Å². The van der Waals surface area contributed by atoms with Crippen molar-refractivity contribution >= 4 is 32.8 Å². The lowest BCUT2D eigenvalue weighted by Crippen LogP contribution is -2.20. The van der Waals surface area contributed by atoms with Crippen molar-refractivity contribution in [1.29, 1.82) is 0 Å². The van der Waals surface area contributed by atoms with E-state index in [2.05, 4.69) is 13.2 Å². The third-order valence-corrected chi connectivity index (χ3v) is 8.47. The number of allylic oxidation sites excluding steroid dienone is 2. The van der Waals surface area contributed by atoms with Gasteiger partial charge in [-0.1, -0.05) is 104 Å². The summed E-state index contributed by atoms with van der Waals surface area (Å²) in [6, 6.07) is 25.5. The van der Waals surface area contributed by atoms with Crippen LogP contribution >= 0.6 is 0 Å². The van der Waals surface area contributed by atoms with E-state index in [1.807, 2.05) is 66.7 Å². The third-order valence-electron chi connectivity index (χ3n) is 7.50. The molecular weight excluding hydrogens is 608 g/mol. The molecule has 0 aromatic heterocycles. The predicted octanol–water partition coefficient (Wildman–Crippen LogP) is 6.41. The molecule has 0 radical (unpaired) electrons. The molecule has 1 aliphatic carbocycles. The Kier molecular flexibility index (Phi) is 10.00. The molecule has 1 N–H and O–H groups in total. The number of ether oxygens (including phenoxy) is 4. The minimum absolute atomic E-state index is 0.0529. The zero-order valence-corrected chi connectivity index (χ0v) is 25.7. The van der Waals surface area contributed by atoms with Gasteiger partial charge in [-0.2, -0.15) is 8.42 Å². The number of rotatable bonds is 13. The minimum atomic E-state index is -4.51. The molecule has 0 saturated carbocycles. The topological polar surface area (TPSA) is 125 Å². The monoisotopic (exact) mass is 640 g/mol. The molecule has 0 aliphatic heterocycles. The van der Waals surface area contributed by atoms with Crippen molar-refractivity contribution in [2.75, 3.05) is 13.2 Å². The molecule has 9 nitrogen and oxygen atoms in total. The van der Waals surface area contributed by atoms with Gasteiger partial charge in [0.15, 0.2) is 12.2 Å². The van der Waals surface area contributed by atoms with E-state index in [0.717, 1.165) is 12.2 Å². The second-order valence-corrected chi connectivity index (χ2v) is 11.9. The van der Waals surface area contributed by atoms with Gasteiger partial charge in [-0.3, -0.25) is 4.55 Å². The molecule has 5 rings (SSSR count). The van der Waals surface area contributed by atoms with Crippen LogP contribution in [0.25, 0.3) is 10.8 Å². The van der Waals surface area contributed by atoms with Gasteiger partial charge in [0.05, 0.1) is 4.91 Å². The first-order chi connectivity index (χ1) is 22.2. The maximum atomic E-state index is 12.3. The van der Waals surface area contributed by atoms with E-state index in [9.17, 15) is 22.6 Å². The number of hydrogen-bond donors (Lipinski definition) is 1. The molecule has 1 aliphatic rings. The number of esters is 2. The Hall–Kier alpha value is -5.19. The summed E-state index contributed by atoms with van der Waals surface area (Å²) in [5, 5.41) is 1.27. The third kappa shape index (κ3) is 7.36. The number of fused-ring (bicyclic) bond motifs is 2. The predicted molar refractivity (Wildman–Crippen MR) is 173 cm³/mol. The van der Waals surface area contributed by atoms with Crippen LogP contribution in [0.5, 0.6) is 11.5 Å². The van der Waals surface area contributed by atoms with Crippen LogP contribution in [-0.2, 0) is 42.0 Å². The average molecular weight is 641 g/mol. The van der Waals surface area contributed by atoms with Gasteiger partial charge in [-0.05, 0) is 17.5 Å². The van der Waals surface area contributed by atoms with Crippen molar-refractivity contribution in [2.24, 2.45) is 0 Å². The summed E-state index contributed by atoms with van der Waals surface area (Å²) in [6.45, 7) is 6.83. The number of carbonyl (C=O) groups is 2. The van der Waals surface area contributed by atoms with Crippen LogP contribution in [-0.4, -0.2) is 38.1 Å². The fourth-order valence-corrected chi connectivity index (χ4v) is 5.92. The van der Waals surface area contributed by atoms with Gasteiger partial charge >= 0.3 is 11.9 Å². The summed E-state index contributed by atoms with van der Waals surface area (Å²) in [4.78, 5) is 24.2. The van der Waals surface area contributed by atoms with Crippen LogP contribution in [0.15, 0.2) is 121 Å². The Morgan fingerprint density at radius 2 is 1.15 bits per heavy atom. The standard InChI is InChI=1S/C36H32O9S/c1-3-33(37)44-31(24-13-7-5-8-14-24)22-42-35-27-17-11-12-18-28(27)36(30-21-26(46(39,40)41)19-20-29(30)35)43-23-32(45-34(38)4-2)25-15-9-6-10-16-25/h3-19,31-32H,1-2,20-23H2,(H,39,40,41). The van der Waals surface area contributed by atoms with E-state index < -0.39 is 34.3 Å². The van der Waals surface area contributed by atoms with Crippen molar-refractivity contribution in [1.82, 2.24) is 0 Å². The SMILES string of the molecule is C=CC(=O)OC(COc1c2c(c(OCC(OC(=O)C=C)c3ccccc3)c3ccccc13)CC(S(=O)(=O)O)=CC2)c1ccccc1. The second kappa shape index (κ2) is 14.3. The van der Waals surface area contributed by atoms with Crippen LogP contribution < -0.4 is 9.47 Å². The summed E-state index contributed by atoms with van der Waals surface area (Å²) >= 11 is 0. The first-order valence-corrected chi connectivity index (χ1v) is 15.9. The molecule has 10 heteroatoms. The molecule has 2 unspecified atom stereocenters. The Balaban J connectivity index is 1.58. The van der Waals surface area contributed by atoms with Crippen molar-refractivity contribution in [2.45, 2.75) is 25.0 Å². The summed E-state index contributed by atoms with van der Waals surface area (Å²) < 4.78 is 58.5. The van der Waals surface area contributed by atoms with Gasteiger partial charge in [-0.15, -0.1) is 0 Å². The van der Waals surface area contributed by atoms with Gasteiger partial charge in [0.2, 0.25) is 0 Å². The molecule has 4 aromatic rings. The lowest BCUT2D eigenvalue weighted by molar-refractivity contribution is -0.145. The van der Waals surface area contributed by atoms with Crippen LogP contribution in [0.1, 0.15) is 34.5 Å². The van der Waals surface area contributed by atoms with E-state index in [1.54, 1.807) is 18.2 Å². The summed E-state index contributed by atoms with van der Waals surface area (Å²) in [6.07, 6.45) is 1.96. The number of carbonyl (C=O) groups excluding carboxylic acids is 2. The molecule has 0 bridgehead atoms. The largest absolute Gasteiger partial charge is 0.488 e. The lowest BCUT2D eigenvalue weighted by atomic mass is 9.90. The molecule has 0 saturated heterocycles. The first kappa shape index (κ1) is 32.2. The van der Waals surface area contributed by atoms with E-state index in [-0.39, 0.29) is 31.0 Å². The normalized spacial score (nSPS) is 13.8. The highest BCUT2D eigenvalue weighted by Crippen LogP contribution is 2.45. The fraction of sp³-hybridized carbons (Fsp3) is 0.167. The van der Waals surface area contributed by atoms with Gasteiger partial charge in [0.25, 0.3) is 10.1 Å². The molecule has 236 valence electrons. The maximum Gasteiger partial charge on any atom is 0.330 e. The smallest absolute Gasteiger partial charge is 0.330 e. The molecule has 0 heterocycles. The van der Waals surface area contributed by atoms with E-state index in [4.69, 9.17) is 18.9 Å². The molecule has 0 spiro atoms. The molecule has 2 atom stereocenters. The molecule has 46 heavy (non-hydrogen) atoms. The Labute approximate surface area is 267 Å². The summed E-state index contributed by atoms with van der Waals surface area (Å²) in [7, 11) is -4.51. The Morgan fingerprint density at radius 3 is 1.59 bits per heavy atom. The fourth-order valence-electron chi connectivity index (χ4n) is 5.30. The highest BCUT2D eigenvalue weighted by Gasteiger charge is 2.30. The average Bonchev–Trinajstić information content (AvgIpc) is 3.08. The van der Waals surface area contributed by atoms with Crippen LogP contribution in [0.3, 0.4) is 0 Å². The summed E-state index contributed by atoms with van der Waals surface area (Å²) in [5.41, 5.74) is 2.54. The highest BCUT2D eigenvalue weighted by molar-refractivity contribution is 7.89. The Morgan fingerprint density at radius 1 is 0.717 bits per heavy atom. The Bertz CT molecular complexity index is 1900. The molecule has 0 amide bonds. The van der Waals surface area contributed by atoms with Crippen molar-refractivity contribution in [3.8, 4) is 11.5 Å². The zero-order chi connectivity index (χ0) is 32.7. The van der Waals surface area contributed by atoms with Gasteiger partial charge < -0.3 is 18.9 Å². The first-order valence-electron chi connectivity index (χ1n) is 14.4. The lowest BCUT2D eigenvalue weighted by Gasteiger charge is -2.27. The van der Waals surface area contributed by atoms with E-state index in [0.29, 0.717) is 44.5 Å².